The minimum absolute atomic E-state index is 0.780. The smallest absolute Gasteiger partial charge is 0.0902 e. The lowest BCUT2D eigenvalue weighted by atomic mass is 10.3. The molecule has 0 atom stereocenters. The second-order valence-corrected chi connectivity index (χ2v) is 3.24. The van der Waals surface area contributed by atoms with Crippen molar-refractivity contribution in [3.63, 3.8) is 0 Å². The van der Waals surface area contributed by atoms with Crippen molar-refractivity contribution in [1.82, 2.24) is 9.80 Å². The molecule has 0 heterocycles. The van der Waals surface area contributed by atoms with Crippen LogP contribution in [-0.4, -0.2) is 29.6 Å². The van der Waals surface area contributed by atoms with Crippen LogP contribution in [0.3, 0.4) is 0 Å². The predicted octanol–water partition coefficient (Wildman–Crippen LogP) is 2.99. The summed E-state index contributed by atoms with van der Waals surface area (Å²) in [7, 11) is 0. The number of nitrogens with zero attached hydrogens (tertiary/aromatic N) is 2. The Balaban J connectivity index is 4.49. The average molecular weight is 206 g/mol. The zero-order valence-electron chi connectivity index (χ0n) is 10.00. The third-order valence-corrected chi connectivity index (χ3v) is 2.39. The molecule has 0 aromatic heterocycles. The van der Waals surface area contributed by atoms with Crippen molar-refractivity contribution in [2.24, 2.45) is 0 Å². The van der Waals surface area contributed by atoms with Gasteiger partial charge in [-0.05, 0) is 26.0 Å². The summed E-state index contributed by atoms with van der Waals surface area (Å²) in [4.78, 5) is 4.29. The highest BCUT2D eigenvalue weighted by atomic mass is 15.3. The fourth-order valence-corrected chi connectivity index (χ4v) is 1.25. The lowest BCUT2D eigenvalue weighted by Gasteiger charge is -2.32. The van der Waals surface area contributed by atoms with Crippen LogP contribution < -0.4 is 0 Å². The van der Waals surface area contributed by atoms with E-state index in [2.05, 4.69) is 50.0 Å². The van der Waals surface area contributed by atoms with Gasteiger partial charge < -0.3 is 9.80 Å². The van der Waals surface area contributed by atoms with Crippen LogP contribution >= 0.6 is 0 Å². The van der Waals surface area contributed by atoms with E-state index in [-0.39, 0.29) is 0 Å². The molecule has 2 heteroatoms. The molecule has 2 nitrogen and oxygen atoms in total. The van der Waals surface area contributed by atoms with Gasteiger partial charge in [-0.2, -0.15) is 0 Å². The number of allylic oxidation sites excluding steroid dienone is 2. The summed E-state index contributed by atoms with van der Waals surface area (Å²) in [6, 6.07) is 0. The molecule has 0 radical (unpaired) electrons. The third-order valence-electron chi connectivity index (χ3n) is 2.39. The first kappa shape index (κ1) is 13.6. The molecule has 84 valence electrons. The SMILES string of the molecule is C=CC(=C)N(CC)CN(CC)C(=C)C=C. The summed E-state index contributed by atoms with van der Waals surface area (Å²) in [5.41, 5.74) is 1.88. The molecule has 0 rings (SSSR count). The van der Waals surface area contributed by atoms with Gasteiger partial charge in [-0.3, -0.25) is 0 Å². The predicted molar refractivity (Wildman–Crippen MR) is 68.3 cm³/mol. The van der Waals surface area contributed by atoms with Crippen molar-refractivity contribution in [3.8, 4) is 0 Å². The summed E-state index contributed by atoms with van der Waals surface area (Å²) in [5, 5.41) is 0. The molecule has 0 bridgehead atoms. The van der Waals surface area contributed by atoms with Gasteiger partial charge in [-0.1, -0.05) is 26.3 Å². The largest absolute Gasteiger partial charge is 0.355 e. The van der Waals surface area contributed by atoms with Crippen LogP contribution in [0.15, 0.2) is 49.9 Å². The average Bonchev–Trinajstić information content (AvgIpc) is 2.28. The van der Waals surface area contributed by atoms with Gasteiger partial charge in [-0.25, -0.2) is 0 Å². The van der Waals surface area contributed by atoms with Crippen LogP contribution in [0, 0.1) is 0 Å². The standard InChI is InChI=1S/C13H22N2/c1-7-12(5)14(9-3)11-15(10-4)13(6)8-2/h7-8H,1-2,5-6,9-11H2,3-4H3. The number of hydrogen-bond acceptors (Lipinski definition) is 2. The lowest BCUT2D eigenvalue weighted by Crippen LogP contribution is -2.35. The molecule has 0 aliphatic rings. The lowest BCUT2D eigenvalue weighted by molar-refractivity contribution is 0.220. The first-order chi connectivity index (χ1) is 7.10. The van der Waals surface area contributed by atoms with E-state index >= 15 is 0 Å². The molecular formula is C13H22N2. The van der Waals surface area contributed by atoms with E-state index in [1.807, 2.05) is 0 Å². The highest BCUT2D eigenvalue weighted by Crippen LogP contribution is 2.08. The van der Waals surface area contributed by atoms with Crippen LogP contribution in [-0.2, 0) is 0 Å². The molecule has 0 saturated heterocycles. The molecule has 0 fully saturated rings. The van der Waals surface area contributed by atoms with E-state index in [9.17, 15) is 0 Å². The van der Waals surface area contributed by atoms with E-state index in [1.165, 1.54) is 0 Å². The molecule has 0 unspecified atom stereocenters. The first-order valence-electron chi connectivity index (χ1n) is 5.23. The van der Waals surface area contributed by atoms with Crippen molar-refractivity contribution < 1.29 is 0 Å². The van der Waals surface area contributed by atoms with Gasteiger partial charge in [0.1, 0.15) is 0 Å². The van der Waals surface area contributed by atoms with E-state index in [0.717, 1.165) is 31.2 Å². The van der Waals surface area contributed by atoms with Crippen molar-refractivity contribution in [2.75, 3.05) is 19.8 Å². The highest BCUT2D eigenvalue weighted by Gasteiger charge is 2.08. The fourth-order valence-electron chi connectivity index (χ4n) is 1.25. The van der Waals surface area contributed by atoms with Gasteiger partial charge in [0, 0.05) is 24.5 Å². The van der Waals surface area contributed by atoms with Gasteiger partial charge in [0.15, 0.2) is 0 Å². The summed E-state index contributed by atoms with van der Waals surface area (Å²) in [6.07, 6.45) is 3.54. The van der Waals surface area contributed by atoms with Gasteiger partial charge >= 0.3 is 0 Å². The van der Waals surface area contributed by atoms with Crippen LogP contribution in [0.1, 0.15) is 13.8 Å². The van der Waals surface area contributed by atoms with Crippen molar-refractivity contribution in [3.05, 3.63) is 49.9 Å². The fraction of sp³-hybridized carbons (Fsp3) is 0.385. The van der Waals surface area contributed by atoms with Gasteiger partial charge in [0.05, 0.1) is 6.67 Å². The molecule has 0 aliphatic carbocycles. The zero-order valence-corrected chi connectivity index (χ0v) is 10.00. The molecule has 0 amide bonds. The maximum absolute atomic E-state index is 3.94. The van der Waals surface area contributed by atoms with E-state index in [4.69, 9.17) is 0 Å². The Kier molecular flexibility index (Phi) is 6.27. The van der Waals surface area contributed by atoms with Gasteiger partial charge in [0.25, 0.3) is 0 Å². The van der Waals surface area contributed by atoms with Crippen molar-refractivity contribution in [1.29, 1.82) is 0 Å². The Hall–Kier alpha value is -1.44. The van der Waals surface area contributed by atoms with Crippen LogP contribution in [0.5, 0.6) is 0 Å². The Morgan fingerprint density at radius 1 is 0.933 bits per heavy atom. The molecule has 0 aliphatic heterocycles. The van der Waals surface area contributed by atoms with Crippen LogP contribution in [0.25, 0.3) is 0 Å². The molecule has 0 spiro atoms. The highest BCUT2D eigenvalue weighted by molar-refractivity contribution is 5.13. The Labute approximate surface area is 93.9 Å². The van der Waals surface area contributed by atoms with Crippen LogP contribution in [0.4, 0.5) is 0 Å². The van der Waals surface area contributed by atoms with E-state index in [1.54, 1.807) is 12.2 Å². The molecule has 15 heavy (non-hydrogen) atoms. The quantitative estimate of drug-likeness (QED) is 0.445. The summed E-state index contributed by atoms with van der Waals surface area (Å²) in [5.74, 6) is 0. The zero-order chi connectivity index (χ0) is 11.8. The van der Waals surface area contributed by atoms with Crippen molar-refractivity contribution in [2.45, 2.75) is 13.8 Å². The molecule has 0 aromatic carbocycles. The van der Waals surface area contributed by atoms with Gasteiger partial charge in [0.2, 0.25) is 0 Å². The Morgan fingerprint density at radius 2 is 1.27 bits per heavy atom. The summed E-state index contributed by atoms with van der Waals surface area (Å²) < 4.78 is 0. The second kappa shape index (κ2) is 6.93. The maximum atomic E-state index is 3.94. The number of likely N-dealkylation sites (N-methyl/N-ethyl adjacent to an activating group) is 2. The number of rotatable bonds is 8. The maximum Gasteiger partial charge on any atom is 0.0902 e. The minimum Gasteiger partial charge on any atom is -0.355 e. The minimum atomic E-state index is 0.780. The van der Waals surface area contributed by atoms with Gasteiger partial charge in [-0.15, -0.1) is 0 Å². The number of hydrogen-bond donors (Lipinski definition) is 0. The van der Waals surface area contributed by atoms with E-state index < -0.39 is 0 Å². The summed E-state index contributed by atoms with van der Waals surface area (Å²) in [6.45, 7) is 22.1. The third kappa shape index (κ3) is 4.07. The molecule has 0 N–H and O–H groups in total. The molecular weight excluding hydrogens is 184 g/mol. The second-order valence-electron chi connectivity index (χ2n) is 3.24. The summed E-state index contributed by atoms with van der Waals surface area (Å²) >= 11 is 0. The first-order valence-corrected chi connectivity index (χ1v) is 5.23. The Morgan fingerprint density at radius 3 is 1.47 bits per heavy atom. The van der Waals surface area contributed by atoms with Crippen molar-refractivity contribution >= 4 is 0 Å². The van der Waals surface area contributed by atoms with Crippen LogP contribution in [0.2, 0.25) is 0 Å². The topological polar surface area (TPSA) is 6.48 Å². The monoisotopic (exact) mass is 206 g/mol. The molecule has 0 aromatic rings. The molecule has 0 saturated carbocycles. The normalized spacial score (nSPS) is 9.20. The van der Waals surface area contributed by atoms with E-state index in [0.29, 0.717) is 0 Å². The Bertz CT molecular complexity index is 227.